The van der Waals surface area contributed by atoms with E-state index in [2.05, 4.69) is 22.5 Å². The molecule has 1 aliphatic carbocycles. The van der Waals surface area contributed by atoms with Gasteiger partial charge in [0.25, 0.3) is 5.91 Å². The molecule has 2 aliphatic heterocycles. The molecule has 2 saturated heterocycles. The predicted molar refractivity (Wildman–Crippen MR) is 98.2 cm³/mol. The van der Waals surface area contributed by atoms with E-state index in [1.807, 2.05) is 6.07 Å². The highest BCUT2D eigenvalue weighted by molar-refractivity contribution is 5.92. The van der Waals surface area contributed by atoms with Crippen LogP contribution in [0.1, 0.15) is 48.7 Å². The molecule has 0 unspecified atom stereocenters. The van der Waals surface area contributed by atoms with E-state index in [4.69, 9.17) is 9.47 Å². The van der Waals surface area contributed by atoms with Crippen molar-refractivity contribution in [2.75, 3.05) is 13.2 Å². The minimum absolute atomic E-state index is 0.0905. The monoisotopic (exact) mass is 373 g/mol. The Kier molecular flexibility index (Phi) is 5.41. The fourth-order valence-electron chi connectivity index (χ4n) is 3.72. The van der Waals surface area contributed by atoms with Crippen LogP contribution in [-0.2, 0) is 20.7 Å². The number of carbonyl (C=O) groups is 2. The average Bonchev–Trinajstić information content (AvgIpc) is 3.36. The molecule has 4 atom stereocenters. The van der Waals surface area contributed by atoms with Crippen LogP contribution in [0.15, 0.2) is 18.3 Å². The number of hydrogen-bond acceptors (Lipinski definition) is 5. The van der Waals surface area contributed by atoms with Crippen molar-refractivity contribution < 1.29 is 19.1 Å². The summed E-state index contributed by atoms with van der Waals surface area (Å²) in [4.78, 5) is 28.8. The lowest BCUT2D eigenvalue weighted by Crippen LogP contribution is -2.47. The largest absolute Gasteiger partial charge is 0.371 e. The van der Waals surface area contributed by atoms with Crippen LogP contribution >= 0.6 is 0 Å². The van der Waals surface area contributed by atoms with Gasteiger partial charge in [0.1, 0.15) is 17.9 Å². The Morgan fingerprint density at radius 3 is 2.41 bits per heavy atom. The summed E-state index contributed by atoms with van der Waals surface area (Å²) in [5.74, 6) is 0.0281. The van der Waals surface area contributed by atoms with Gasteiger partial charge >= 0.3 is 0 Å². The van der Waals surface area contributed by atoms with E-state index in [1.54, 1.807) is 12.3 Å². The maximum absolute atomic E-state index is 12.5. The first-order chi connectivity index (χ1) is 13.2. The molecule has 1 saturated carbocycles. The van der Waals surface area contributed by atoms with Crippen molar-refractivity contribution in [3.8, 4) is 0 Å². The van der Waals surface area contributed by atoms with Gasteiger partial charge in [-0.3, -0.25) is 14.6 Å². The predicted octanol–water partition coefficient (Wildman–Crippen LogP) is 1.22. The smallest absolute Gasteiger partial charge is 0.270 e. The van der Waals surface area contributed by atoms with Gasteiger partial charge in [0.2, 0.25) is 5.91 Å². The van der Waals surface area contributed by atoms with Gasteiger partial charge in [-0.05, 0) is 37.3 Å². The Bertz CT molecular complexity index is 689. The van der Waals surface area contributed by atoms with Gasteiger partial charge in [-0.1, -0.05) is 19.4 Å². The van der Waals surface area contributed by atoms with E-state index in [-0.39, 0.29) is 42.0 Å². The minimum Gasteiger partial charge on any atom is -0.371 e. The Labute approximate surface area is 159 Å². The highest BCUT2D eigenvalue weighted by Crippen LogP contribution is 2.31. The first kappa shape index (κ1) is 18.4. The summed E-state index contributed by atoms with van der Waals surface area (Å²) in [6.45, 7) is 2.95. The number of aromatic nitrogens is 1. The molecule has 2 N–H and O–H groups in total. The Balaban J connectivity index is 1.31. The van der Waals surface area contributed by atoms with Gasteiger partial charge in [0.05, 0.1) is 25.3 Å². The molecule has 3 heterocycles. The van der Waals surface area contributed by atoms with Gasteiger partial charge in [0, 0.05) is 12.1 Å². The molecule has 0 radical (unpaired) electrons. The van der Waals surface area contributed by atoms with Crippen molar-refractivity contribution in [3.05, 3.63) is 29.6 Å². The summed E-state index contributed by atoms with van der Waals surface area (Å²) in [6.07, 6.45) is 6.50. The molecule has 1 aromatic rings. The number of nitrogens with one attached hydrogen (secondary N) is 2. The van der Waals surface area contributed by atoms with Gasteiger partial charge in [-0.25, -0.2) is 0 Å². The van der Waals surface area contributed by atoms with E-state index < -0.39 is 0 Å². The lowest BCUT2D eigenvalue weighted by atomic mass is 10.1. The number of nitrogens with zero attached hydrogens (tertiary/aromatic N) is 1. The molecule has 3 fully saturated rings. The first-order valence-corrected chi connectivity index (χ1v) is 9.95. The SMILES string of the molecule is CCCCc1ccc(C(=O)N[C@H]2CO[C@H]3[C@@H]2OC[C@@H]3NC(=O)C2CC2)nc1. The summed E-state index contributed by atoms with van der Waals surface area (Å²) >= 11 is 0. The molecule has 3 aliphatic rings. The molecule has 7 nitrogen and oxygen atoms in total. The van der Waals surface area contributed by atoms with E-state index in [9.17, 15) is 9.59 Å². The van der Waals surface area contributed by atoms with Gasteiger partial charge < -0.3 is 20.1 Å². The van der Waals surface area contributed by atoms with Gasteiger partial charge in [-0.2, -0.15) is 0 Å². The summed E-state index contributed by atoms with van der Waals surface area (Å²) < 4.78 is 11.7. The number of aryl methyl sites for hydroxylation is 1. The lowest BCUT2D eigenvalue weighted by molar-refractivity contribution is -0.123. The maximum Gasteiger partial charge on any atom is 0.270 e. The standard InChI is InChI=1S/C20H27N3O4/c1-2-3-4-12-5-8-14(21-9-12)20(25)23-16-11-27-17-15(10-26-18(16)17)22-19(24)13-6-7-13/h5,8-9,13,15-18H,2-4,6-7,10-11H2,1H3,(H,22,24)(H,23,25)/t15-,16-,17+,18+/m0/s1. The zero-order valence-electron chi connectivity index (χ0n) is 15.6. The molecular weight excluding hydrogens is 346 g/mol. The Hall–Kier alpha value is -1.99. The average molecular weight is 373 g/mol. The second-order valence-electron chi connectivity index (χ2n) is 7.72. The van der Waals surface area contributed by atoms with E-state index in [1.165, 1.54) is 0 Å². The van der Waals surface area contributed by atoms with Crippen LogP contribution in [-0.4, -0.2) is 54.3 Å². The van der Waals surface area contributed by atoms with Gasteiger partial charge in [0.15, 0.2) is 0 Å². The van der Waals surface area contributed by atoms with Crippen molar-refractivity contribution in [1.82, 2.24) is 15.6 Å². The van der Waals surface area contributed by atoms with Crippen LogP contribution in [0.5, 0.6) is 0 Å². The van der Waals surface area contributed by atoms with E-state index in [0.29, 0.717) is 18.9 Å². The summed E-state index contributed by atoms with van der Waals surface area (Å²) in [6, 6.07) is 3.36. The topological polar surface area (TPSA) is 89.5 Å². The Morgan fingerprint density at radius 1 is 1.11 bits per heavy atom. The van der Waals surface area contributed by atoms with Crippen molar-refractivity contribution in [2.45, 2.75) is 63.3 Å². The molecule has 146 valence electrons. The second kappa shape index (κ2) is 7.94. The molecule has 2 amide bonds. The quantitative estimate of drug-likeness (QED) is 0.750. The maximum atomic E-state index is 12.5. The molecule has 4 rings (SSSR count). The summed E-state index contributed by atoms with van der Waals surface area (Å²) in [7, 11) is 0. The number of ether oxygens (including phenoxy) is 2. The van der Waals surface area contributed by atoms with Crippen molar-refractivity contribution in [1.29, 1.82) is 0 Å². The third kappa shape index (κ3) is 4.14. The molecular formula is C20H27N3O4. The third-order valence-corrected chi connectivity index (χ3v) is 5.52. The third-order valence-electron chi connectivity index (χ3n) is 5.52. The van der Waals surface area contributed by atoms with Crippen LogP contribution in [0.4, 0.5) is 0 Å². The van der Waals surface area contributed by atoms with Gasteiger partial charge in [-0.15, -0.1) is 0 Å². The van der Waals surface area contributed by atoms with Crippen LogP contribution in [0, 0.1) is 5.92 Å². The highest BCUT2D eigenvalue weighted by Gasteiger charge is 2.49. The number of pyridine rings is 1. The number of carbonyl (C=O) groups excluding carboxylic acids is 2. The highest BCUT2D eigenvalue weighted by atomic mass is 16.6. The fraction of sp³-hybridized carbons (Fsp3) is 0.650. The summed E-state index contributed by atoms with van der Waals surface area (Å²) in [5.41, 5.74) is 1.54. The van der Waals surface area contributed by atoms with Crippen LogP contribution < -0.4 is 10.6 Å². The molecule has 1 aromatic heterocycles. The van der Waals surface area contributed by atoms with Crippen LogP contribution in [0.3, 0.4) is 0 Å². The van der Waals surface area contributed by atoms with Crippen LogP contribution in [0.2, 0.25) is 0 Å². The summed E-state index contributed by atoms with van der Waals surface area (Å²) in [5, 5.41) is 6.00. The number of amides is 2. The zero-order chi connectivity index (χ0) is 18.8. The van der Waals surface area contributed by atoms with Crippen molar-refractivity contribution in [2.24, 2.45) is 5.92 Å². The normalized spacial score (nSPS) is 29.4. The lowest BCUT2D eigenvalue weighted by Gasteiger charge is -2.18. The number of fused-ring (bicyclic) bond motifs is 1. The molecule has 0 spiro atoms. The van der Waals surface area contributed by atoms with Crippen LogP contribution in [0.25, 0.3) is 0 Å². The number of hydrogen-bond donors (Lipinski definition) is 2. The minimum atomic E-state index is -0.234. The van der Waals surface area contributed by atoms with Crippen molar-refractivity contribution in [3.63, 3.8) is 0 Å². The number of rotatable bonds is 7. The molecule has 7 heteroatoms. The second-order valence-corrected chi connectivity index (χ2v) is 7.72. The van der Waals surface area contributed by atoms with Crippen molar-refractivity contribution >= 4 is 11.8 Å². The van der Waals surface area contributed by atoms with E-state index >= 15 is 0 Å². The Morgan fingerprint density at radius 2 is 1.81 bits per heavy atom. The molecule has 0 bridgehead atoms. The fourth-order valence-corrected chi connectivity index (χ4v) is 3.72. The molecule has 0 aromatic carbocycles. The first-order valence-electron chi connectivity index (χ1n) is 9.95. The zero-order valence-corrected chi connectivity index (χ0v) is 15.6. The van der Waals surface area contributed by atoms with E-state index in [0.717, 1.165) is 37.7 Å². The number of unbranched alkanes of at least 4 members (excludes halogenated alkanes) is 1. The molecule has 27 heavy (non-hydrogen) atoms.